The molecule has 0 aliphatic heterocycles. The summed E-state index contributed by atoms with van der Waals surface area (Å²) in [6, 6.07) is 6.68. The van der Waals surface area contributed by atoms with E-state index in [1.807, 2.05) is 0 Å². The van der Waals surface area contributed by atoms with Crippen molar-refractivity contribution in [2.45, 2.75) is 24.9 Å². The number of nitrogens with zero attached hydrogens (tertiary/aromatic N) is 1. The number of benzene rings is 1. The maximum absolute atomic E-state index is 13.5. The highest BCUT2D eigenvalue weighted by Gasteiger charge is 2.72. The number of hydrogen-bond acceptors (Lipinski definition) is 3. The third kappa shape index (κ3) is 4.29. The quantitative estimate of drug-likeness (QED) is 0.603. The smallest absolute Gasteiger partial charge is 0.332 e. The van der Waals surface area contributed by atoms with Crippen molar-refractivity contribution in [3.8, 4) is 0 Å². The Kier molecular flexibility index (Phi) is 5.34. The molecular formula is C16H12F7N3O. The monoisotopic (exact) mass is 395 g/mol. The van der Waals surface area contributed by atoms with Gasteiger partial charge in [0.1, 0.15) is 11.6 Å². The molecular weight excluding hydrogens is 383 g/mol. The molecule has 0 radical (unpaired) electrons. The molecule has 2 N–H and O–H groups in total. The molecule has 2 rings (SSSR count). The first kappa shape index (κ1) is 20.5. The van der Waals surface area contributed by atoms with Crippen LogP contribution in [0.1, 0.15) is 16.1 Å². The van der Waals surface area contributed by atoms with Gasteiger partial charge >= 0.3 is 18.0 Å². The molecule has 27 heavy (non-hydrogen) atoms. The zero-order valence-corrected chi connectivity index (χ0v) is 13.5. The SMILES string of the molecule is Cc1cccc(NC(NC(=O)c2cccc(F)c2)(C(F)(F)F)C(F)(F)F)n1. The summed E-state index contributed by atoms with van der Waals surface area (Å²) < 4.78 is 94.3. The molecule has 1 heterocycles. The zero-order chi connectivity index (χ0) is 20.5. The van der Waals surface area contributed by atoms with Gasteiger partial charge in [0.25, 0.3) is 5.91 Å². The Morgan fingerprint density at radius 3 is 2.07 bits per heavy atom. The number of alkyl halides is 6. The molecule has 11 heteroatoms. The summed E-state index contributed by atoms with van der Waals surface area (Å²) in [4.78, 5) is 15.6. The highest BCUT2D eigenvalue weighted by molar-refractivity contribution is 5.95. The average Bonchev–Trinajstić information content (AvgIpc) is 2.52. The van der Waals surface area contributed by atoms with E-state index in [2.05, 4.69) is 4.98 Å². The van der Waals surface area contributed by atoms with Crippen LogP contribution in [0.4, 0.5) is 36.6 Å². The van der Waals surface area contributed by atoms with E-state index in [4.69, 9.17) is 0 Å². The van der Waals surface area contributed by atoms with Crippen molar-refractivity contribution >= 4 is 11.7 Å². The van der Waals surface area contributed by atoms with E-state index in [-0.39, 0.29) is 5.69 Å². The van der Waals surface area contributed by atoms with Crippen molar-refractivity contribution in [3.05, 3.63) is 59.5 Å². The zero-order valence-electron chi connectivity index (χ0n) is 13.5. The number of pyridine rings is 1. The van der Waals surface area contributed by atoms with Crippen LogP contribution in [0.3, 0.4) is 0 Å². The van der Waals surface area contributed by atoms with Crippen molar-refractivity contribution < 1.29 is 35.5 Å². The van der Waals surface area contributed by atoms with Crippen molar-refractivity contribution in [3.63, 3.8) is 0 Å². The molecule has 0 bridgehead atoms. The summed E-state index contributed by atoms with van der Waals surface area (Å²) in [5.41, 5.74) is -5.41. The van der Waals surface area contributed by atoms with Gasteiger partial charge in [-0.2, -0.15) is 26.3 Å². The second-order valence-corrected chi connectivity index (χ2v) is 5.50. The van der Waals surface area contributed by atoms with Crippen molar-refractivity contribution in [1.29, 1.82) is 0 Å². The molecule has 0 saturated carbocycles. The van der Waals surface area contributed by atoms with E-state index in [1.165, 1.54) is 24.4 Å². The Bertz CT molecular complexity index is 819. The van der Waals surface area contributed by atoms with E-state index in [1.54, 1.807) is 0 Å². The first-order chi connectivity index (χ1) is 12.4. The number of hydrogen-bond donors (Lipinski definition) is 2. The maximum atomic E-state index is 13.5. The molecule has 1 aromatic carbocycles. The predicted molar refractivity (Wildman–Crippen MR) is 81.3 cm³/mol. The first-order valence-corrected chi connectivity index (χ1v) is 7.29. The molecule has 1 aromatic heterocycles. The van der Waals surface area contributed by atoms with Crippen molar-refractivity contribution in [2.75, 3.05) is 5.32 Å². The van der Waals surface area contributed by atoms with Gasteiger partial charge in [-0.3, -0.25) is 4.79 Å². The minimum atomic E-state index is -6.00. The van der Waals surface area contributed by atoms with Crippen LogP contribution in [0.2, 0.25) is 0 Å². The van der Waals surface area contributed by atoms with Gasteiger partial charge < -0.3 is 10.6 Å². The highest BCUT2D eigenvalue weighted by atomic mass is 19.4. The second-order valence-electron chi connectivity index (χ2n) is 5.50. The number of anilines is 1. The van der Waals surface area contributed by atoms with Gasteiger partial charge in [-0.15, -0.1) is 0 Å². The lowest BCUT2D eigenvalue weighted by atomic mass is 10.1. The summed E-state index contributed by atoms with van der Waals surface area (Å²) in [5.74, 6) is -3.53. The number of carbonyl (C=O) groups is 1. The van der Waals surface area contributed by atoms with Crippen molar-refractivity contribution in [1.82, 2.24) is 10.3 Å². The van der Waals surface area contributed by atoms with Gasteiger partial charge in [0.15, 0.2) is 0 Å². The minimum Gasteiger partial charge on any atom is -0.332 e. The van der Waals surface area contributed by atoms with Gasteiger partial charge in [0.2, 0.25) is 0 Å². The fourth-order valence-corrected chi connectivity index (χ4v) is 2.15. The lowest BCUT2D eigenvalue weighted by Gasteiger charge is -2.38. The minimum absolute atomic E-state index is 0.148. The standard InChI is InChI=1S/C16H12F7N3O/c1-9-4-2-7-12(24-9)25-14(15(18,19)20,16(21,22)23)26-13(27)10-5-3-6-11(17)8-10/h2-8H,1H3,(H,24,25)(H,26,27). The van der Waals surface area contributed by atoms with Crippen molar-refractivity contribution in [2.24, 2.45) is 0 Å². The van der Waals surface area contributed by atoms with Gasteiger partial charge in [-0.25, -0.2) is 9.37 Å². The molecule has 0 atom stereocenters. The largest absolute Gasteiger partial charge is 0.439 e. The molecule has 2 aromatic rings. The number of halogens is 7. The number of aromatic nitrogens is 1. The number of nitrogens with one attached hydrogen (secondary N) is 2. The molecule has 1 amide bonds. The second kappa shape index (κ2) is 7.05. The van der Waals surface area contributed by atoms with Gasteiger partial charge in [0.05, 0.1) is 0 Å². The first-order valence-electron chi connectivity index (χ1n) is 7.29. The molecule has 0 aliphatic rings. The lowest BCUT2D eigenvalue weighted by Crippen LogP contribution is -2.72. The lowest BCUT2D eigenvalue weighted by molar-refractivity contribution is -0.294. The van der Waals surface area contributed by atoms with E-state index in [9.17, 15) is 35.5 Å². The predicted octanol–water partition coefficient (Wildman–Crippen LogP) is 4.19. The molecule has 146 valence electrons. The third-order valence-corrected chi connectivity index (χ3v) is 3.44. The Hall–Kier alpha value is -2.85. The summed E-state index contributed by atoms with van der Waals surface area (Å²) in [7, 11) is 0. The van der Waals surface area contributed by atoms with Crippen LogP contribution in [0.5, 0.6) is 0 Å². The molecule has 0 saturated heterocycles. The Morgan fingerprint density at radius 2 is 1.56 bits per heavy atom. The Balaban J connectivity index is 2.53. The number of amides is 1. The molecule has 0 aliphatic carbocycles. The Morgan fingerprint density at radius 1 is 0.963 bits per heavy atom. The van der Waals surface area contributed by atoms with E-state index < -0.39 is 41.1 Å². The maximum Gasteiger partial charge on any atom is 0.439 e. The van der Waals surface area contributed by atoms with Crippen LogP contribution in [-0.2, 0) is 0 Å². The van der Waals surface area contributed by atoms with E-state index in [0.717, 1.165) is 29.6 Å². The van der Waals surface area contributed by atoms with Crippen LogP contribution < -0.4 is 10.6 Å². The van der Waals surface area contributed by atoms with E-state index in [0.29, 0.717) is 6.07 Å². The fourth-order valence-electron chi connectivity index (χ4n) is 2.15. The van der Waals surface area contributed by atoms with Crippen LogP contribution in [0.25, 0.3) is 0 Å². The number of aryl methyl sites for hydroxylation is 1. The van der Waals surface area contributed by atoms with Crippen LogP contribution in [0.15, 0.2) is 42.5 Å². The number of carbonyl (C=O) groups excluding carboxylic acids is 1. The number of rotatable bonds is 4. The summed E-state index contributed by atoms with van der Waals surface area (Å²) in [5, 5.41) is 2.16. The summed E-state index contributed by atoms with van der Waals surface area (Å²) in [6.07, 6.45) is -12.0. The molecule has 4 nitrogen and oxygen atoms in total. The Labute approximate surface area is 148 Å². The topological polar surface area (TPSA) is 54.0 Å². The molecule has 0 spiro atoms. The van der Waals surface area contributed by atoms with Crippen LogP contribution in [-0.4, -0.2) is 28.9 Å². The molecule has 0 fully saturated rings. The molecule has 0 unspecified atom stereocenters. The fraction of sp³-hybridized carbons (Fsp3) is 0.250. The van der Waals surface area contributed by atoms with Gasteiger partial charge in [0, 0.05) is 11.3 Å². The van der Waals surface area contributed by atoms with E-state index >= 15 is 0 Å². The van der Waals surface area contributed by atoms with Gasteiger partial charge in [-0.05, 0) is 37.3 Å². The van der Waals surface area contributed by atoms with Gasteiger partial charge in [-0.1, -0.05) is 12.1 Å². The third-order valence-electron chi connectivity index (χ3n) is 3.44. The highest BCUT2D eigenvalue weighted by Crippen LogP contribution is 2.43. The van der Waals surface area contributed by atoms with Crippen LogP contribution in [0, 0.1) is 12.7 Å². The van der Waals surface area contributed by atoms with Crippen LogP contribution >= 0.6 is 0 Å². The summed E-state index contributed by atoms with van der Waals surface area (Å²) >= 11 is 0. The normalized spacial score (nSPS) is 12.6. The average molecular weight is 395 g/mol. The summed E-state index contributed by atoms with van der Waals surface area (Å²) in [6.45, 7) is 1.36.